The summed E-state index contributed by atoms with van der Waals surface area (Å²) in [5, 5.41) is 4.13. The van der Waals surface area contributed by atoms with E-state index in [0.29, 0.717) is 24.8 Å². The molecule has 0 N–H and O–H groups in total. The van der Waals surface area contributed by atoms with Gasteiger partial charge in [-0.05, 0) is 13.0 Å². The average molecular weight is 331 g/mol. The molecular weight excluding hydrogens is 310 g/mol. The zero-order chi connectivity index (χ0) is 16.9. The van der Waals surface area contributed by atoms with E-state index in [-0.39, 0.29) is 18.1 Å². The molecule has 3 heterocycles. The van der Waals surface area contributed by atoms with E-state index in [0.717, 1.165) is 12.8 Å². The summed E-state index contributed by atoms with van der Waals surface area (Å²) in [6.45, 7) is 3.18. The van der Waals surface area contributed by atoms with Crippen molar-refractivity contribution in [2.45, 2.75) is 31.9 Å². The summed E-state index contributed by atoms with van der Waals surface area (Å²) in [5.74, 6) is 0.674. The second kappa shape index (κ2) is 7.29. The highest BCUT2D eigenvalue weighted by Gasteiger charge is 2.28. The first-order valence-corrected chi connectivity index (χ1v) is 7.98. The first-order chi connectivity index (χ1) is 11.7. The molecule has 1 aliphatic heterocycles. The van der Waals surface area contributed by atoms with Crippen molar-refractivity contribution < 1.29 is 14.3 Å². The Labute approximate surface area is 140 Å². The Morgan fingerprint density at radius 3 is 2.58 bits per heavy atom. The van der Waals surface area contributed by atoms with Gasteiger partial charge >= 0.3 is 6.01 Å². The van der Waals surface area contributed by atoms with Crippen molar-refractivity contribution in [2.24, 2.45) is 0 Å². The van der Waals surface area contributed by atoms with Crippen molar-refractivity contribution in [1.29, 1.82) is 0 Å². The highest BCUT2D eigenvalue weighted by Crippen LogP contribution is 2.19. The number of carbonyl (C=O) groups is 1. The molecule has 1 saturated heterocycles. The molecule has 8 heteroatoms. The Bertz CT molecular complexity index is 651. The van der Waals surface area contributed by atoms with Crippen LogP contribution < -0.4 is 9.47 Å². The monoisotopic (exact) mass is 331 g/mol. The van der Waals surface area contributed by atoms with Crippen LogP contribution in [0.2, 0.25) is 0 Å². The van der Waals surface area contributed by atoms with E-state index in [1.807, 2.05) is 17.9 Å². The van der Waals surface area contributed by atoms with Crippen molar-refractivity contribution in [2.75, 3.05) is 20.2 Å². The van der Waals surface area contributed by atoms with Crippen LogP contribution in [0.25, 0.3) is 0 Å². The van der Waals surface area contributed by atoms with Crippen molar-refractivity contribution in [3.63, 3.8) is 0 Å². The third-order valence-corrected chi connectivity index (χ3v) is 4.14. The highest BCUT2D eigenvalue weighted by molar-refractivity contribution is 5.80. The number of hydrogen-bond acceptors (Lipinski definition) is 6. The number of carbonyl (C=O) groups excluding carboxylic acids is 1. The fraction of sp³-hybridized carbons (Fsp3) is 0.500. The summed E-state index contributed by atoms with van der Waals surface area (Å²) < 4.78 is 12.5. The van der Waals surface area contributed by atoms with Gasteiger partial charge < -0.3 is 14.4 Å². The van der Waals surface area contributed by atoms with E-state index in [1.165, 1.54) is 0 Å². The van der Waals surface area contributed by atoms with E-state index in [1.54, 1.807) is 36.6 Å². The molecule has 2 aromatic rings. The lowest BCUT2D eigenvalue weighted by atomic mass is 10.1. The zero-order valence-corrected chi connectivity index (χ0v) is 13.8. The van der Waals surface area contributed by atoms with E-state index in [2.05, 4.69) is 15.1 Å². The minimum absolute atomic E-state index is 0.0162. The topological polar surface area (TPSA) is 82.4 Å². The molecule has 0 aliphatic carbocycles. The third kappa shape index (κ3) is 3.64. The number of methoxy groups -OCH3 is 1. The Hall–Kier alpha value is -2.64. The van der Waals surface area contributed by atoms with Gasteiger partial charge in [-0.25, -0.2) is 0 Å². The van der Waals surface area contributed by atoms with Crippen molar-refractivity contribution in [3.05, 3.63) is 30.9 Å². The molecule has 0 bridgehead atoms. The highest BCUT2D eigenvalue weighted by atomic mass is 16.5. The summed E-state index contributed by atoms with van der Waals surface area (Å²) >= 11 is 0. The summed E-state index contributed by atoms with van der Waals surface area (Å²) in [4.78, 5) is 22.6. The van der Waals surface area contributed by atoms with Crippen LogP contribution in [0.5, 0.6) is 11.8 Å². The fourth-order valence-electron chi connectivity index (χ4n) is 2.70. The molecule has 8 nitrogen and oxygen atoms in total. The van der Waals surface area contributed by atoms with Gasteiger partial charge in [0.1, 0.15) is 12.1 Å². The summed E-state index contributed by atoms with van der Waals surface area (Å²) in [7, 11) is 1.57. The standard InChI is InChI=1S/C16H21N5O3/c1-12(21-7-3-6-19-21)15(22)20-8-4-13(5-9-20)24-16-17-10-14(23-2)11-18-16/h3,6-7,10-13H,4-5,8-9H2,1-2H3. The Morgan fingerprint density at radius 2 is 2.00 bits per heavy atom. The van der Waals surface area contributed by atoms with Crippen molar-refractivity contribution >= 4 is 5.91 Å². The van der Waals surface area contributed by atoms with Crippen LogP contribution in [-0.4, -0.2) is 56.9 Å². The van der Waals surface area contributed by atoms with Crippen LogP contribution in [-0.2, 0) is 4.79 Å². The normalized spacial score (nSPS) is 16.7. The van der Waals surface area contributed by atoms with Gasteiger partial charge in [0.25, 0.3) is 0 Å². The predicted molar refractivity (Wildman–Crippen MR) is 85.8 cm³/mol. The molecule has 2 aromatic heterocycles. The number of aromatic nitrogens is 4. The average Bonchev–Trinajstić information content (AvgIpc) is 3.16. The van der Waals surface area contributed by atoms with E-state index in [9.17, 15) is 4.79 Å². The molecule has 1 unspecified atom stereocenters. The maximum atomic E-state index is 12.5. The number of ether oxygens (including phenoxy) is 2. The molecule has 1 amide bonds. The van der Waals surface area contributed by atoms with Gasteiger partial charge in [0.05, 0.1) is 19.5 Å². The number of rotatable bonds is 5. The third-order valence-electron chi connectivity index (χ3n) is 4.14. The molecule has 3 rings (SSSR count). The molecule has 0 aromatic carbocycles. The van der Waals surface area contributed by atoms with Gasteiger partial charge in [-0.3, -0.25) is 9.48 Å². The molecule has 0 saturated carbocycles. The second-order valence-electron chi connectivity index (χ2n) is 5.71. The lowest BCUT2D eigenvalue weighted by Crippen LogP contribution is -2.44. The van der Waals surface area contributed by atoms with E-state index >= 15 is 0 Å². The molecule has 0 radical (unpaired) electrons. The van der Waals surface area contributed by atoms with E-state index in [4.69, 9.17) is 9.47 Å². The lowest BCUT2D eigenvalue weighted by molar-refractivity contribution is -0.136. The molecule has 24 heavy (non-hydrogen) atoms. The predicted octanol–water partition coefficient (Wildman–Crippen LogP) is 1.31. The summed E-state index contributed by atoms with van der Waals surface area (Å²) in [6, 6.07) is 1.87. The van der Waals surface area contributed by atoms with Gasteiger partial charge in [0, 0.05) is 38.3 Å². The van der Waals surface area contributed by atoms with Crippen molar-refractivity contribution in [1.82, 2.24) is 24.6 Å². The Kier molecular flexibility index (Phi) is 4.93. The quantitative estimate of drug-likeness (QED) is 0.821. The van der Waals surface area contributed by atoms with Crippen LogP contribution in [0.15, 0.2) is 30.9 Å². The number of piperidine rings is 1. The first-order valence-electron chi connectivity index (χ1n) is 7.98. The minimum Gasteiger partial charge on any atom is -0.494 e. The van der Waals surface area contributed by atoms with Gasteiger partial charge in [-0.1, -0.05) is 0 Å². The summed E-state index contributed by atoms with van der Waals surface area (Å²) in [5.41, 5.74) is 0. The molecule has 128 valence electrons. The number of nitrogens with zero attached hydrogens (tertiary/aromatic N) is 5. The van der Waals surface area contributed by atoms with Crippen LogP contribution in [0, 0.1) is 0 Å². The van der Waals surface area contributed by atoms with Gasteiger partial charge in [0.15, 0.2) is 5.75 Å². The molecule has 0 spiro atoms. The number of likely N-dealkylation sites (tertiary alicyclic amines) is 1. The maximum Gasteiger partial charge on any atom is 0.316 e. The molecule has 1 atom stereocenters. The van der Waals surface area contributed by atoms with Gasteiger partial charge in [-0.2, -0.15) is 15.1 Å². The van der Waals surface area contributed by atoms with Crippen LogP contribution in [0.4, 0.5) is 0 Å². The number of hydrogen-bond donors (Lipinski definition) is 0. The largest absolute Gasteiger partial charge is 0.494 e. The van der Waals surface area contributed by atoms with E-state index < -0.39 is 0 Å². The minimum atomic E-state index is -0.289. The molecule has 1 aliphatic rings. The second-order valence-corrected chi connectivity index (χ2v) is 5.71. The SMILES string of the molecule is COc1cnc(OC2CCN(C(=O)C(C)n3cccn3)CC2)nc1. The fourth-order valence-corrected chi connectivity index (χ4v) is 2.70. The maximum absolute atomic E-state index is 12.5. The molecule has 1 fully saturated rings. The van der Waals surface area contributed by atoms with Gasteiger partial charge in [0.2, 0.25) is 5.91 Å². The van der Waals surface area contributed by atoms with Crippen LogP contribution in [0.1, 0.15) is 25.8 Å². The Morgan fingerprint density at radius 1 is 1.29 bits per heavy atom. The first kappa shape index (κ1) is 16.2. The smallest absolute Gasteiger partial charge is 0.316 e. The van der Waals surface area contributed by atoms with Gasteiger partial charge in [-0.15, -0.1) is 0 Å². The lowest BCUT2D eigenvalue weighted by Gasteiger charge is -2.33. The Balaban J connectivity index is 1.50. The van der Waals surface area contributed by atoms with Crippen molar-refractivity contribution in [3.8, 4) is 11.8 Å². The van der Waals surface area contributed by atoms with Crippen LogP contribution in [0.3, 0.4) is 0 Å². The van der Waals surface area contributed by atoms with Crippen LogP contribution >= 0.6 is 0 Å². The number of amides is 1. The summed E-state index contributed by atoms with van der Waals surface area (Å²) in [6.07, 6.45) is 8.17. The zero-order valence-electron chi connectivity index (χ0n) is 13.8. The molecular formula is C16H21N5O3.